The maximum absolute atomic E-state index is 6.37. The Bertz CT molecular complexity index is 696. The van der Waals surface area contributed by atoms with Crippen LogP contribution in [-0.2, 0) is 13.2 Å². The molecule has 25 heavy (non-hydrogen) atoms. The highest BCUT2D eigenvalue weighted by atomic mass is 35.5. The standard InChI is InChI=1S/C22H26ClNO/c23-21-15-20(16-24-14-13-18-7-3-1-4-8-18)11-12-22(21)25-17-19-9-5-2-6-10-19/h2,5-7,9-12,15,24H,1,3-4,8,13-14,16-17H2. The minimum Gasteiger partial charge on any atom is -0.487 e. The Kier molecular flexibility index (Phi) is 6.96. The van der Waals surface area contributed by atoms with Gasteiger partial charge in [0.1, 0.15) is 12.4 Å². The number of allylic oxidation sites excluding steroid dienone is 1. The van der Waals surface area contributed by atoms with Crippen molar-refractivity contribution in [2.24, 2.45) is 0 Å². The molecule has 0 amide bonds. The number of hydrogen-bond donors (Lipinski definition) is 1. The molecule has 0 unspecified atom stereocenters. The van der Waals surface area contributed by atoms with E-state index in [0.717, 1.165) is 30.8 Å². The second-order valence-electron chi connectivity index (χ2n) is 6.57. The van der Waals surface area contributed by atoms with E-state index in [1.807, 2.05) is 42.5 Å². The van der Waals surface area contributed by atoms with Crippen LogP contribution < -0.4 is 10.1 Å². The molecule has 1 aliphatic rings. The van der Waals surface area contributed by atoms with Crippen molar-refractivity contribution in [1.82, 2.24) is 5.32 Å². The second kappa shape index (κ2) is 9.65. The molecule has 1 N–H and O–H groups in total. The van der Waals surface area contributed by atoms with Gasteiger partial charge < -0.3 is 10.1 Å². The van der Waals surface area contributed by atoms with Crippen LogP contribution in [0.25, 0.3) is 0 Å². The lowest BCUT2D eigenvalue weighted by molar-refractivity contribution is 0.306. The summed E-state index contributed by atoms with van der Waals surface area (Å²) in [6.07, 6.45) is 8.82. The first-order chi connectivity index (χ1) is 12.3. The van der Waals surface area contributed by atoms with Crippen molar-refractivity contribution in [1.29, 1.82) is 0 Å². The third kappa shape index (κ3) is 5.91. The summed E-state index contributed by atoms with van der Waals surface area (Å²) >= 11 is 6.37. The van der Waals surface area contributed by atoms with E-state index in [1.54, 1.807) is 5.57 Å². The molecule has 0 bridgehead atoms. The van der Waals surface area contributed by atoms with Crippen molar-refractivity contribution in [3.8, 4) is 5.75 Å². The highest BCUT2D eigenvalue weighted by Gasteiger charge is 2.05. The molecule has 0 aromatic heterocycles. The first kappa shape index (κ1) is 18.0. The van der Waals surface area contributed by atoms with Gasteiger partial charge in [0, 0.05) is 6.54 Å². The average molecular weight is 356 g/mol. The Morgan fingerprint density at radius 3 is 2.64 bits per heavy atom. The van der Waals surface area contributed by atoms with Gasteiger partial charge in [-0.3, -0.25) is 0 Å². The van der Waals surface area contributed by atoms with Crippen LogP contribution in [0, 0.1) is 0 Å². The highest BCUT2D eigenvalue weighted by molar-refractivity contribution is 6.32. The highest BCUT2D eigenvalue weighted by Crippen LogP contribution is 2.26. The molecule has 0 saturated heterocycles. The fourth-order valence-electron chi connectivity index (χ4n) is 3.12. The van der Waals surface area contributed by atoms with Gasteiger partial charge in [0.25, 0.3) is 0 Å². The Balaban J connectivity index is 1.44. The zero-order chi connectivity index (χ0) is 17.3. The quantitative estimate of drug-likeness (QED) is 0.470. The molecular formula is C22H26ClNO. The van der Waals surface area contributed by atoms with E-state index in [2.05, 4.69) is 17.5 Å². The molecule has 0 aliphatic heterocycles. The Labute approximate surface area is 155 Å². The summed E-state index contributed by atoms with van der Waals surface area (Å²) in [4.78, 5) is 0. The molecule has 0 spiro atoms. The fourth-order valence-corrected chi connectivity index (χ4v) is 3.38. The van der Waals surface area contributed by atoms with Crippen LogP contribution in [0.1, 0.15) is 43.2 Å². The van der Waals surface area contributed by atoms with Crippen LogP contribution >= 0.6 is 11.6 Å². The first-order valence-corrected chi connectivity index (χ1v) is 9.53. The van der Waals surface area contributed by atoms with Gasteiger partial charge in [-0.05, 0) is 61.9 Å². The van der Waals surface area contributed by atoms with Crippen LogP contribution in [0.3, 0.4) is 0 Å². The number of rotatable bonds is 8. The summed E-state index contributed by atoms with van der Waals surface area (Å²) in [6, 6.07) is 16.2. The summed E-state index contributed by atoms with van der Waals surface area (Å²) < 4.78 is 5.82. The fraction of sp³-hybridized carbons (Fsp3) is 0.364. The smallest absolute Gasteiger partial charge is 0.138 e. The molecule has 2 aromatic rings. The van der Waals surface area contributed by atoms with E-state index >= 15 is 0 Å². The van der Waals surface area contributed by atoms with E-state index in [9.17, 15) is 0 Å². The van der Waals surface area contributed by atoms with Gasteiger partial charge in [0.2, 0.25) is 0 Å². The summed E-state index contributed by atoms with van der Waals surface area (Å²) in [6.45, 7) is 2.40. The molecule has 0 fully saturated rings. The maximum atomic E-state index is 6.37. The Morgan fingerprint density at radius 1 is 1.00 bits per heavy atom. The third-order valence-corrected chi connectivity index (χ3v) is 4.87. The minimum atomic E-state index is 0.535. The molecule has 3 rings (SSSR count). The largest absolute Gasteiger partial charge is 0.487 e. The number of hydrogen-bond acceptors (Lipinski definition) is 2. The van der Waals surface area contributed by atoms with E-state index in [1.165, 1.54) is 31.2 Å². The minimum absolute atomic E-state index is 0.535. The maximum Gasteiger partial charge on any atom is 0.138 e. The van der Waals surface area contributed by atoms with Gasteiger partial charge in [0.05, 0.1) is 5.02 Å². The van der Waals surface area contributed by atoms with E-state index in [4.69, 9.17) is 16.3 Å². The normalized spacial score (nSPS) is 14.2. The van der Waals surface area contributed by atoms with Gasteiger partial charge in [-0.1, -0.05) is 59.6 Å². The number of halogens is 1. The van der Waals surface area contributed by atoms with Crippen LogP contribution in [0.2, 0.25) is 5.02 Å². The number of benzene rings is 2. The molecule has 1 aliphatic carbocycles. The molecule has 2 aromatic carbocycles. The first-order valence-electron chi connectivity index (χ1n) is 9.15. The lowest BCUT2D eigenvalue weighted by atomic mass is 9.97. The van der Waals surface area contributed by atoms with Gasteiger partial charge in [-0.25, -0.2) is 0 Å². The lowest BCUT2D eigenvalue weighted by Gasteiger charge is -2.13. The number of nitrogens with one attached hydrogen (secondary N) is 1. The molecule has 0 radical (unpaired) electrons. The van der Waals surface area contributed by atoms with Gasteiger partial charge in [0.15, 0.2) is 0 Å². The SMILES string of the molecule is Clc1cc(CNCCC2=CCCCC2)ccc1OCc1ccccc1. The molecule has 0 saturated carbocycles. The second-order valence-corrected chi connectivity index (χ2v) is 6.98. The zero-order valence-corrected chi connectivity index (χ0v) is 15.4. The third-order valence-electron chi connectivity index (χ3n) is 4.57. The van der Waals surface area contributed by atoms with Crippen molar-refractivity contribution < 1.29 is 4.74 Å². The Hall–Kier alpha value is -1.77. The zero-order valence-electron chi connectivity index (χ0n) is 14.6. The van der Waals surface area contributed by atoms with Gasteiger partial charge >= 0.3 is 0 Å². The summed E-state index contributed by atoms with van der Waals surface area (Å²) in [7, 11) is 0. The summed E-state index contributed by atoms with van der Waals surface area (Å²) in [5.74, 6) is 0.738. The Morgan fingerprint density at radius 2 is 1.88 bits per heavy atom. The van der Waals surface area contributed by atoms with Crippen LogP contribution in [0.15, 0.2) is 60.2 Å². The molecule has 2 nitrogen and oxygen atoms in total. The van der Waals surface area contributed by atoms with Gasteiger partial charge in [-0.15, -0.1) is 0 Å². The monoisotopic (exact) mass is 355 g/mol. The lowest BCUT2D eigenvalue weighted by Crippen LogP contribution is -2.15. The topological polar surface area (TPSA) is 21.3 Å². The van der Waals surface area contributed by atoms with E-state index < -0.39 is 0 Å². The number of ether oxygens (including phenoxy) is 1. The van der Waals surface area contributed by atoms with Crippen molar-refractivity contribution >= 4 is 11.6 Å². The molecular weight excluding hydrogens is 330 g/mol. The molecule has 3 heteroatoms. The molecule has 132 valence electrons. The van der Waals surface area contributed by atoms with Crippen molar-refractivity contribution in [2.75, 3.05) is 6.54 Å². The van der Waals surface area contributed by atoms with Crippen molar-refractivity contribution in [3.05, 3.63) is 76.3 Å². The van der Waals surface area contributed by atoms with Gasteiger partial charge in [-0.2, -0.15) is 0 Å². The summed E-state index contributed by atoms with van der Waals surface area (Å²) in [5.41, 5.74) is 3.94. The predicted octanol–water partition coefficient (Wildman–Crippen LogP) is 5.90. The molecule has 0 heterocycles. The van der Waals surface area contributed by atoms with Crippen LogP contribution in [0.4, 0.5) is 0 Å². The van der Waals surface area contributed by atoms with Crippen LogP contribution in [0.5, 0.6) is 5.75 Å². The van der Waals surface area contributed by atoms with Crippen LogP contribution in [-0.4, -0.2) is 6.54 Å². The van der Waals surface area contributed by atoms with E-state index in [-0.39, 0.29) is 0 Å². The van der Waals surface area contributed by atoms with Crippen molar-refractivity contribution in [3.63, 3.8) is 0 Å². The predicted molar refractivity (Wildman–Crippen MR) is 105 cm³/mol. The van der Waals surface area contributed by atoms with E-state index in [0.29, 0.717) is 11.6 Å². The molecule has 0 atom stereocenters. The summed E-state index contributed by atoms with van der Waals surface area (Å²) in [5, 5.41) is 4.18. The average Bonchev–Trinajstić information content (AvgIpc) is 2.66. The van der Waals surface area contributed by atoms with Crippen molar-refractivity contribution in [2.45, 2.75) is 45.3 Å².